The van der Waals surface area contributed by atoms with Gasteiger partial charge in [-0.05, 0) is 69.4 Å². The maximum atomic E-state index is 13.8. The quantitative estimate of drug-likeness (QED) is 0.419. The number of carbonyl (C=O) groups excluding carboxylic acids is 1. The number of aromatic amines is 1. The minimum atomic E-state index is -0.0862. The summed E-state index contributed by atoms with van der Waals surface area (Å²) in [5.74, 6) is 0.712. The molecule has 180 valence electrons. The lowest BCUT2D eigenvalue weighted by atomic mass is 9.97. The van der Waals surface area contributed by atoms with Gasteiger partial charge in [-0.1, -0.05) is 24.8 Å². The van der Waals surface area contributed by atoms with Gasteiger partial charge in [-0.25, -0.2) is 4.98 Å². The Morgan fingerprint density at radius 3 is 2.77 bits per heavy atom. The standard InChI is InChI=1S/C27H30N6O2/c1-5-24(34)32-15-19(16-32)26-28-22-11-10-18(20-8-6-9-23-25(20)17(2)29-30-23)14-21(22)27(35)33(26)13-7-12-31(3)4/h5-6,8-11,14,19H,1,7,12-13,15-16H2,2-4H3,(H,29,30). The van der Waals surface area contributed by atoms with Gasteiger partial charge < -0.3 is 9.80 Å². The van der Waals surface area contributed by atoms with Crippen molar-refractivity contribution < 1.29 is 4.79 Å². The van der Waals surface area contributed by atoms with Crippen molar-refractivity contribution in [3.8, 4) is 11.1 Å². The van der Waals surface area contributed by atoms with Crippen LogP contribution in [0, 0.1) is 6.92 Å². The summed E-state index contributed by atoms with van der Waals surface area (Å²) in [6.07, 6.45) is 2.17. The number of aryl methyl sites for hydroxylation is 1. The lowest BCUT2D eigenvalue weighted by Gasteiger charge is -2.39. The molecule has 2 aromatic heterocycles. The number of nitrogens with zero attached hydrogens (tertiary/aromatic N) is 5. The molecule has 0 spiro atoms. The van der Waals surface area contributed by atoms with Crippen molar-refractivity contribution in [3.05, 3.63) is 70.9 Å². The molecule has 0 atom stereocenters. The summed E-state index contributed by atoms with van der Waals surface area (Å²) >= 11 is 0. The van der Waals surface area contributed by atoms with Crippen LogP contribution in [0.4, 0.5) is 0 Å². The zero-order valence-corrected chi connectivity index (χ0v) is 20.4. The maximum Gasteiger partial charge on any atom is 0.261 e. The molecule has 1 fully saturated rings. The fourth-order valence-electron chi connectivity index (χ4n) is 4.90. The first-order chi connectivity index (χ1) is 16.9. The summed E-state index contributed by atoms with van der Waals surface area (Å²) in [6, 6.07) is 11.9. The highest BCUT2D eigenvalue weighted by Crippen LogP contribution is 2.32. The summed E-state index contributed by atoms with van der Waals surface area (Å²) in [6.45, 7) is 8.14. The number of rotatable bonds is 7. The molecule has 1 aliphatic heterocycles. The third-order valence-electron chi connectivity index (χ3n) is 6.78. The minimum Gasteiger partial charge on any atom is -0.338 e. The fraction of sp³-hybridized carbons (Fsp3) is 0.333. The van der Waals surface area contributed by atoms with E-state index < -0.39 is 0 Å². The lowest BCUT2D eigenvalue weighted by molar-refractivity contribution is -0.130. The van der Waals surface area contributed by atoms with E-state index in [-0.39, 0.29) is 17.4 Å². The minimum absolute atomic E-state index is 0.0322. The van der Waals surface area contributed by atoms with Crippen molar-refractivity contribution in [1.82, 2.24) is 29.5 Å². The number of benzene rings is 2. The van der Waals surface area contributed by atoms with Gasteiger partial charge in [0.15, 0.2) is 0 Å². The maximum absolute atomic E-state index is 13.8. The molecule has 2 aromatic carbocycles. The van der Waals surface area contributed by atoms with Crippen LogP contribution < -0.4 is 5.56 Å². The molecular weight excluding hydrogens is 440 g/mol. The lowest BCUT2D eigenvalue weighted by Crippen LogP contribution is -2.49. The van der Waals surface area contributed by atoms with E-state index in [1.807, 2.05) is 55.9 Å². The molecule has 4 aromatic rings. The molecule has 1 N–H and O–H groups in total. The molecule has 35 heavy (non-hydrogen) atoms. The molecular formula is C27H30N6O2. The first-order valence-electron chi connectivity index (χ1n) is 11.9. The largest absolute Gasteiger partial charge is 0.338 e. The smallest absolute Gasteiger partial charge is 0.261 e. The molecule has 1 amide bonds. The van der Waals surface area contributed by atoms with Gasteiger partial charge in [0.05, 0.1) is 22.3 Å². The van der Waals surface area contributed by atoms with Crippen LogP contribution in [0.2, 0.25) is 0 Å². The summed E-state index contributed by atoms with van der Waals surface area (Å²) in [5, 5.41) is 9.10. The van der Waals surface area contributed by atoms with Gasteiger partial charge in [0, 0.05) is 30.7 Å². The highest BCUT2D eigenvalue weighted by atomic mass is 16.2. The normalized spacial score (nSPS) is 14.1. The van der Waals surface area contributed by atoms with Crippen LogP contribution in [0.15, 0.2) is 53.8 Å². The topological polar surface area (TPSA) is 87.1 Å². The van der Waals surface area contributed by atoms with Gasteiger partial charge in [0.1, 0.15) is 5.82 Å². The Balaban J connectivity index is 1.59. The number of amides is 1. The summed E-state index contributed by atoms with van der Waals surface area (Å²) in [5.41, 5.74) is 4.55. The van der Waals surface area contributed by atoms with Crippen molar-refractivity contribution in [3.63, 3.8) is 0 Å². The number of hydrogen-bond donors (Lipinski definition) is 1. The van der Waals surface area contributed by atoms with E-state index in [0.29, 0.717) is 30.5 Å². The Morgan fingerprint density at radius 1 is 1.23 bits per heavy atom. The monoisotopic (exact) mass is 470 g/mol. The van der Waals surface area contributed by atoms with Gasteiger partial charge in [-0.15, -0.1) is 0 Å². The molecule has 8 heteroatoms. The van der Waals surface area contributed by atoms with Crippen LogP contribution in [0.1, 0.15) is 23.9 Å². The average molecular weight is 471 g/mol. The van der Waals surface area contributed by atoms with Gasteiger partial charge in [-0.2, -0.15) is 5.10 Å². The Bertz CT molecular complexity index is 1490. The Kier molecular flexibility index (Phi) is 5.98. The first-order valence-corrected chi connectivity index (χ1v) is 11.9. The Hall–Kier alpha value is -3.78. The van der Waals surface area contributed by atoms with Crippen molar-refractivity contribution >= 4 is 27.7 Å². The molecule has 1 aliphatic rings. The summed E-state index contributed by atoms with van der Waals surface area (Å²) in [4.78, 5) is 34.5. The second-order valence-corrected chi connectivity index (χ2v) is 9.51. The number of likely N-dealkylation sites (tertiary alicyclic amines) is 1. The van der Waals surface area contributed by atoms with E-state index in [4.69, 9.17) is 4.98 Å². The van der Waals surface area contributed by atoms with Crippen LogP contribution in [0.3, 0.4) is 0 Å². The highest BCUT2D eigenvalue weighted by molar-refractivity contribution is 5.98. The van der Waals surface area contributed by atoms with Gasteiger partial charge in [-0.3, -0.25) is 19.3 Å². The number of carbonyl (C=O) groups is 1. The van der Waals surface area contributed by atoms with E-state index in [2.05, 4.69) is 27.7 Å². The second kappa shape index (κ2) is 9.11. The van der Waals surface area contributed by atoms with Crippen LogP contribution in [-0.2, 0) is 11.3 Å². The average Bonchev–Trinajstić information content (AvgIpc) is 3.20. The predicted molar refractivity (Wildman–Crippen MR) is 139 cm³/mol. The molecule has 0 unspecified atom stereocenters. The van der Waals surface area contributed by atoms with Crippen molar-refractivity contribution in [2.45, 2.75) is 25.8 Å². The molecule has 0 saturated carbocycles. The van der Waals surface area contributed by atoms with Gasteiger partial charge >= 0.3 is 0 Å². The highest BCUT2D eigenvalue weighted by Gasteiger charge is 2.34. The molecule has 1 saturated heterocycles. The molecule has 0 bridgehead atoms. The fourth-order valence-corrected chi connectivity index (χ4v) is 4.90. The van der Waals surface area contributed by atoms with E-state index in [0.717, 1.165) is 46.5 Å². The van der Waals surface area contributed by atoms with Crippen LogP contribution in [0.25, 0.3) is 32.9 Å². The molecule has 5 rings (SSSR count). The summed E-state index contributed by atoms with van der Waals surface area (Å²) in [7, 11) is 4.05. The number of H-pyrrole nitrogens is 1. The number of fused-ring (bicyclic) bond motifs is 2. The molecule has 8 nitrogen and oxygen atoms in total. The van der Waals surface area contributed by atoms with Gasteiger partial charge in [0.25, 0.3) is 5.56 Å². The van der Waals surface area contributed by atoms with Gasteiger partial charge in [0.2, 0.25) is 5.91 Å². The van der Waals surface area contributed by atoms with Crippen molar-refractivity contribution in [1.29, 1.82) is 0 Å². The molecule has 3 heterocycles. The SMILES string of the molecule is C=CC(=O)N1CC(c2nc3ccc(-c4cccc5n[nH]c(C)c45)cc3c(=O)n2CCCN(C)C)C1. The van der Waals surface area contributed by atoms with E-state index in [9.17, 15) is 9.59 Å². The zero-order valence-electron chi connectivity index (χ0n) is 20.4. The third kappa shape index (κ3) is 4.14. The molecule has 0 aliphatic carbocycles. The van der Waals surface area contributed by atoms with Crippen molar-refractivity contribution in [2.24, 2.45) is 0 Å². The van der Waals surface area contributed by atoms with Crippen LogP contribution in [0.5, 0.6) is 0 Å². The Labute approximate surface area is 203 Å². The number of aromatic nitrogens is 4. The Morgan fingerprint density at radius 2 is 2.03 bits per heavy atom. The molecule has 0 radical (unpaired) electrons. The zero-order chi connectivity index (χ0) is 24.7. The predicted octanol–water partition coefficient (Wildman–Crippen LogP) is 3.31. The van der Waals surface area contributed by atoms with Crippen LogP contribution in [-0.4, -0.2) is 69.2 Å². The first kappa shape index (κ1) is 23.0. The van der Waals surface area contributed by atoms with E-state index in [1.165, 1.54) is 6.08 Å². The second-order valence-electron chi connectivity index (χ2n) is 9.51. The van der Waals surface area contributed by atoms with Crippen LogP contribution >= 0.6 is 0 Å². The van der Waals surface area contributed by atoms with E-state index >= 15 is 0 Å². The van der Waals surface area contributed by atoms with Crippen molar-refractivity contribution in [2.75, 3.05) is 33.7 Å². The summed E-state index contributed by atoms with van der Waals surface area (Å²) < 4.78 is 1.82. The third-order valence-corrected chi connectivity index (χ3v) is 6.78. The number of nitrogens with one attached hydrogen (secondary N) is 1. The van der Waals surface area contributed by atoms with E-state index in [1.54, 1.807) is 4.90 Å². The number of hydrogen-bond acceptors (Lipinski definition) is 5.